The third-order valence-corrected chi connectivity index (χ3v) is 3.65. The summed E-state index contributed by atoms with van der Waals surface area (Å²) in [4.78, 5) is 10.7. The van der Waals surface area contributed by atoms with Crippen molar-refractivity contribution in [2.75, 3.05) is 6.61 Å². The van der Waals surface area contributed by atoms with Gasteiger partial charge in [0, 0.05) is 10.0 Å². The van der Waals surface area contributed by atoms with Crippen molar-refractivity contribution in [3.05, 3.63) is 64.1 Å². The SMILES string of the molecule is CC(COc1ccc(C=O)c(Br)c1)OCc1ccccc1. The number of carbonyl (C=O) groups excluding carboxylic acids is 1. The topological polar surface area (TPSA) is 35.5 Å². The van der Waals surface area contributed by atoms with Crippen LogP contribution >= 0.6 is 15.9 Å². The standard InChI is InChI=1S/C17H17BrO3/c1-13(20-12-14-5-3-2-4-6-14)11-21-16-8-7-15(10-19)17(18)9-16/h2-10,13H,11-12H2,1H3. The van der Waals surface area contributed by atoms with Crippen LogP contribution in [0.15, 0.2) is 53.0 Å². The van der Waals surface area contributed by atoms with Crippen molar-refractivity contribution < 1.29 is 14.3 Å². The van der Waals surface area contributed by atoms with Crippen molar-refractivity contribution in [3.63, 3.8) is 0 Å². The van der Waals surface area contributed by atoms with E-state index in [1.165, 1.54) is 0 Å². The minimum atomic E-state index is -0.0188. The predicted octanol–water partition coefficient (Wildman–Crippen LogP) is 4.25. The molecule has 0 amide bonds. The van der Waals surface area contributed by atoms with E-state index in [2.05, 4.69) is 15.9 Å². The fraction of sp³-hybridized carbons (Fsp3) is 0.235. The summed E-state index contributed by atoms with van der Waals surface area (Å²) in [5, 5.41) is 0. The maximum atomic E-state index is 10.7. The molecular weight excluding hydrogens is 332 g/mol. The molecule has 2 rings (SSSR count). The highest BCUT2D eigenvalue weighted by Crippen LogP contribution is 2.22. The van der Waals surface area contributed by atoms with Crippen LogP contribution < -0.4 is 4.74 Å². The predicted molar refractivity (Wildman–Crippen MR) is 85.7 cm³/mol. The largest absolute Gasteiger partial charge is 0.491 e. The van der Waals surface area contributed by atoms with Crippen LogP contribution in [0, 0.1) is 0 Å². The van der Waals surface area contributed by atoms with E-state index in [1.54, 1.807) is 18.2 Å². The molecule has 0 aliphatic heterocycles. The van der Waals surface area contributed by atoms with Gasteiger partial charge in [-0.05, 0) is 46.6 Å². The van der Waals surface area contributed by atoms with Crippen LogP contribution in [-0.4, -0.2) is 19.0 Å². The zero-order valence-corrected chi connectivity index (χ0v) is 13.4. The Morgan fingerprint density at radius 2 is 1.95 bits per heavy atom. The van der Waals surface area contributed by atoms with E-state index in [0.29, 0.717) is 24.5 Å². The lowest BCUT2D eigenvalue weighted by molar-refractivity contribution is 0.0214. The summed E-state index contributed by atoms with van der Waals surface area (Å²) in [6.45, 7) is 3.00. The van der Waals surface area contributed by atoms with Crippen LogP contribution in [-0.2, 0) is 11.3 Å². The normalized spacial score (nSPS) is 11.9. The molecule has 2 aromatic rings. The van der Waals surface area contributed by atoms with E-state index in [4.69, 9.17) is 9.47 Å². The van der Waals surface area contributed by atoms with E-state index in [0.717, 1.165) is 16.3 Å². The quantitative estimate of drug-likeness (QED) is 0.701. The fourth-order valence-electron chi connectivity index (χ4n) is 1.77. The van der Waals surface area contributed by atoms with Crippen LogP contribution in [0.2, 0.25) is 0 Å². The van der Waals surface area contributed by atoms with Gasteiger partial charge in [0.2, 0.25) is 0 Å². The minimum Gasteiger partial charge on any atom is -0.491 e. The maximum absolute atomic E-state index is 10.7. The molecule has 0 heterocycles. The van der Waals surface area contributed by atoms with Gasteiger partial charge in [-0.15, -0.1) is 0 Å². The third-order valence-electron chi connectivity index (χ3n) is 2.96. The number of ether oxygens (including phenoxy) is 2. The Labute approximate surface area is 133 Å². The van der Waals surface area contributed by atoms with Gasteiger partial charge in [-0.25, -0.2) is 0 Å². The molecule has 0 N–H and O–H groups in total. The Morgan fingerprint density at radius 1 is 1.19 bits per heavy atom. The van der Waals surface area contributed by atoms with E-state index in [9.17, 15) is 4.79 Å². The molecule has 0 aliphatic carbocycles. The van der Waals surface area contributed by atoms with Gasteiger partial charge in [-0.3, -0.25) is 4.79 Å². The molecule has 0 aliphatic rings. The number of hydrogen-bond acceptors (Lipinski definition) is 3. The summed E-state index contributed by atoms with van der Waals surface area (Å²) in [6, 6.07) is 15.3. The molecule has 1 atom stereocenters. The van der Waals surface area contributed by atoms with Crippen molar-refractivity contribution >= 4 is 22.2 Å². The second-order valence-electron chi connectivity index (χ2n) is 4.72. The average Bonchev–Trinajstić information content (AvgIpc) is 2.52. The van der Waals surface area contributed by atoms with Gasteiger partial charge >= 0.3 is 0 Å². The van der Waals surface area contributed by atoms with E-state index < -0.39 is 0 Å². The van der Waals surface area contributed by atoms with Crippen LogP contribution in [0.1, 0.15) is 22.8 Å². The highest BCUT2D eigenvalue weighted by Gasteiger charge is 2.06. The third kappa shape index (κ3) is 4.99. The summed E-state index contributed by atoms with van der Waals surface area (Å²) >= 11 is 3.33. The first-order valence-corrected chi connectivity index (χ1v) is 7.51. The molecular formula is C17H17BrO3. The van der Waals surface area contributed by atoms with Gasteiger partial charge in [-0.1, -0.05) is 30.3 Å². The smallest absolute Gasteiger partial charge is 0.151 e. The molecule has 0 saturated heterocycles. The Morgan fingerprint density at radius 3 is 2.62 bits per heavy atom. The second kappa shape index (κ2) is 7.96. The minimum absolute atomic E-state index is 0.0188. The summed E-state index contributed by atoms with van der Waals surface area (Å²) in [6.07, 6.45) is 0.786. The van der Waals surface area contributed by atoms with Gasteiger partial charge in [0.15, 0.2) is 6.29 Å². The number of hydrogen-bond donors (Lipinski definition) is 0. The molecule has 0 aromatic heterocycles. The fourth-order valence-corrected chi connectivity index (χ4v) is 2.22. The van der Waals surface area contributed by atoms with Gasteiger partial charge in [-0.2, -0.15) is 0 Å². The second-order valence-corrected chi connectivity index (χ2v) is 5.57. The average molecular weight is 349 g/mol. The van der Waals surface area contributed by atoms with Crippen molar-refractivity contribution in [1.29, 1.82) is 0 Å². The Kier molecular flexibility index (Phi) is 5.96. The number of carbonyl (C=O) groups is 1. The molecule has 0 fully saturated rings. The van der Waals surface area contributed by atoms with Crippen LogP contribution in [0.4, 0.5) is 0 Å². The number of aldehydes is 1. The maximum Gasteiger partial charge on any atom is 0.151 e. The monoisotopic (exact) mass is 348 g/mol. The Balaban J connectivity index is 1.79. The van der Waals surface area contributed by atoms with E-state index >= 15 is 0 Å². The molecule has 1 unspecified atom stereocenters. The summed E-state index contributed by atoms with van der Waals surface area (Å²) < 4.78 is 12.1. The number of halogens is 1. The van der Waals surface area contributed by atoms with Gasteiger partial charge in [0.05, 0.1) is 12.7 Å². The molecule has 0 bridgehead atoms. The first-order chi connectivity index (χ1) is 10.2. The number of rotatable bonds is 7. The molecule has 110 valence electrons. The first kappa shape index (κ1) is 15.7. The molecule has 0 saturated carbocycles. The van der Waals surface area contributed by atoms with E-state index in [1.807, 2.05) is 37.3 Å². The lowest BCUT2D eigenvalue weighted by atomic mass is 10.2. The summed E-state index contributed by atoms with van der Waals surface area (Å²) in [5.41, 5.74) is 1.75. The van der Waals surface area contributed by atoms with E-state index in [-0.39, 0.29) is 6.10 Å². The molecule has 0 spiro atoms. The number of benzene rings is 2. The van der Waals surface area contributed by atoms with Gasteiger partial charge < -0.3 is 9.47 Å². The molecule has 4 heteroatoms. The summed E-state index contributed by atoms with van der Waals surface area (Å²) in [5.74, 6) is 0.711. The lowest BCUT2D eigenvalue weighted by Gasteiger charge is -2.14. The zero-order valence-electron chi connectivity index (χ0n) is 11.8. The molecule has 3 nitrogen and oxygen atoms in total. The first-order valence-electron chi connectivity index (χ1n) is 6.72. The molecule has 2 aromatic carbocycles. The van der Waals surface area contributed by atoms with Crippen molar-refractivity contribution in [2.45, 2.75) is 19.6 Å². The van der Waals surface area contributed by atoms with Crippen LogP contribution in [0.25, 0.3) is 0 Å². The summed E-state index contributed by atoms with van der Waals surface area (Å²) in [7, 11) is 0. The zero-order chi connectivity index (χ0) is 15.1. The lowest BCUT2D eigenvalue weighted by Crippen LogP contribution is -2.18. The Hall–Kier alpha value is -1.65. The van der Waals surface area contributed by atoms with Crippen molar-refractivity contribution in [3.8, 4) is 5.75 Å². The Bertz CT molecular complexity index is 584. The van der Waals surface area contributed by atoms with Gasteiger partial charge in [0.1, 0.15) is 12.4 Å². The molecule has 21 heavy (non-hydrogen) atoms. The highest BCUT2D eigenvalue weighted by atomic mass is 79.9. The van der Waals surface area contributed by atoms with Crippen molar-refractivity contribution in [1.82, 2.24) is 0 Å². The highest BCUT2D eigenvalue weighted by molar-refractivity contribution is 9.10. The van der Waals surface area contributed by atoms with Crippen LogP contribution in [0.5, 0.6) is 5.75 Å². The van der Waals surface area contributed by atoms with Crippen molar-refractivity contribution in [2.24, 2.45) is 0 Å². The molecule has 0 radical (unpaired) electrons. The van der Waals surface area contributed by atoms with Crippen LogP contribution in [0.3, 0.4) is 0 Å². The van der Waals surface area contributed by atoms with Gasteiger partial charge in [0.25, 0.3) is 0 Å².